The molecule has 3 nitrogen and oxygen atoms in total. The monoisotopic (exact) mass is 277 g/mol. The van der Waals surface area contributed by atoms with Gasteiger partial charge in [0, 0.05) is 10.6 Å². The molecular formula is C14H12FNO2S. The van der Waals surface area contributed by atoms with Crippen molar-refractivity contribution >= 4 is 23.6 Å². The third-order valence-corrected chi connectivity index (χ3v) is 3.25. The van der Waals surface area contributed by atoms with E-state index in [1.807, 2.05) is 12.1 Å². The SMILES string of the molecule is COC(=O)c1ccc(SNc2ccc(F)cc2)cc1. The summed E-state index contributed by atoms with van der Waals surface area (Å²) in [4.78, 5) is 12.2. The zero-order valence-corrected chi connectivity index (χ0v) is 11.0. The number of ether oxygens (including phenoxy) is 1. The van der Waals surface area contributed by atoms with Crippen LogP contribution in [0, 0.1) is 5.82 Å². The van der Waals surface area contributed by atoms with Gasteiger partial charge >= 0.3 is 5.97 Å². The summed E-state index contributed by atoms with van der Waals surface area (Å²) in [5, 5.41) is 0. The van der Waals surface area contributed by atoms with Crippen molar-refractivity contribution in [2.45, 2.75) is 4.90 Å². The summed E-state index contributed by atoms with van der Waals surface area (Å²) in [6.45, 7) is 0. The Balaban J connectivity index is 1.96. The maximum absolute atomic E-state index is 12.7. The number of carbonyl (C=O) groups is 1. The minimum Gasteiger partial charge on any atom is -0.465 e. The largest absolute Gasteiger partial charge is 0.465 e. The second-order valence-corrected chi connectivity index (χ2v) is 4.61. The van der Waals surface area contributed by atoms with Crippen molar-refractivity contribution in [3.8, 4) is 0 Å². The number of benzene rings is 2. The molecule has 0 saturated heterocycles. The molecule has 0 amide bonds. The lowest BCUT2D eigenvalue weighted by atomic mass is 10.2. The second kappa shape index (κ2) is 6.24. The van der Waals surface area contributed by atoms with Crippen molar-refractivity contribution in [2.75, 3.05) is 11.8 Å². The third kappa shape index (κ3) is 3.72. The summed E-state index contributed by atoms with van der Waals surface area (Å²) < 4.78 is 20.4. The van der Waals surface area contributed by atoms with Gasteiger partial charge in [0.2, 0.25) is 0 Å². The smallest absolute Gasteiger partial charge is 0.337 e. The minimum absolute atomic E-state index is 0.266. The highest BCUT2D eigenvalue weighted by molar-refractivity contribution is 8.00. The van der Waals surface area contributed by atoms with E-state index >= 15 is 0 Å². The molecule has 2 aromatic rings. The number of hydrogen-bond acceptors (Lipinski definition) is 4. The Morgan fingerprint density at radius 3 is 2.32 bits per heavy atom. The third-order valence-electron chi connectivity index (χ3n) is 2.41. The highest BCUT2D eigenvalue weighted by atomic mass is 32.2. The fraction of sp³-hybridized carbons (Fsp3) is 0.0714. The topological polar surface area (TPSA) is 38.3 Å². The second-order valence-electron chi connectivity index (χ2n) is 3.73. The number of carbonyl (C=O) groups excluding carboxylic acids is 1. The zero-order valence-electron chi connectivity index (χ0n) is 10.2. The van der Waals surface area contributed by atoms with Crippen LogP contribution in [0.25, 0.3) is 0 Å². The molecular weight excluding hydrogens is 265 g/mol. The van der Waals surface area contributed by atoms with Crippen LogP contribution in [-0.2, 0) is 4.74 Å². The zero-order chi connectivity index (χ0) is 13.7. The molecule has 19 heavy (non-hydrogen) atoms. The molecule has 1 N–H and O–H groups in total. The molecule has 0 saturated carbocycles. The molecule has 0 aliphatic rings. The van der Waals surface area contributed by atoms with E-state index in [0.717, 1.165) is 10.6 Å². The lowest BCUT2D eigenvalue weighted by molar-refractivity contribution is 0.0600. The summed E-state index contributed by atoms with van der Waals surface area (Å²) in [5.41, 5.74) is 1.32. The van der Waals surface area contributed by atoms with Crippen molar-refractivity contribution in [2.24, 2.45) is 0 Å². The Kier molecular flexibility index (Phi) is 4.41. The molecule has 0 radical (unpaired) electrons. The molecule has 0 heterocycles. The Labute approximate surface area is 114 Å². The quantitative estimate of drug-likeness (QED) is 0.682. The maximum Gasteiger partial charge on any atom is 0.337 e. The molecule has 0 spiro atoms. The molecule has 0 bridgehead atoms. The van der Waals surface area contributed by atoms with Crippen LogP contribution in [0.1, 0.15) is 10.4 Å². The number of rotatable bonds is 4. The van der Waals surface area contributed by atoms with Crippen molar-refractivity contribution < 1.29 is 13.9 Å². The van der Waals surface area contributed by atoms with Crippen LogP contribution < -0.4 is 4.72 Å². The van der Waals surface area contributed by atoms with E-state index in [9.17, 15) is 9.18 Å². The molecule has 5 heteroatoms. The molecule has 0 unspecified atom stereocenters. The van der Waals surface area contributed by atoms with E-state index in [4.69, 9.17) is 0 Å². The maximum atomic E-state index is 12.7. The van der Waals surface area contributed by atoms with Gasteiger partial charge in [0.25, 0.3) is 0 Å². The van der Waals surface area contributed by atoms with E-state index in [1.54, 1.807) is 24.3 Å². The van der Waals surface area contributed by atoms with Gasteiger partial charge < -0.3 is 9.46 Å². The van der Waals surface area contributed by atoms with Gasteiger partial charge in [0.1, 0.15) is 5.82 Å². The summed E-state index contributed by atoms with van der Waals surface area (Å²) in [5.74, 6) is -0.624. The first-order chi connectivity index (χ1) is 9.19. The molecule has 0 fully saturated rings. The van der Waals surface area contributed by atoms with Gasteiger partial charge in [0.05, 0.1) is 12.7 Å². The Hall–Kier alpha value is -2.01. The average Bonchev–Trinajstić information content (AvgIpc) is 2.46. The van der Waals surface area contributed by atoms with Crippen LogP contribution in [0.2, 0.25) is 0 Å². The number of methoxy groups -OCH3 is 1. The fourth-order valence-electron chi connectivity index (χ4n) is 1.41. The van der Waals surface area contributed by atoms with Crippen molar-refractivity contribution in [1.82, 2.24) is 0 Å². The Morgan fingerprint density at radius 1 is 1.11 bits per heavy atom. The van der Waals surface area contributed by atoms with Crippen molar-refractivity contribution in [3.05, 3.63) is 59.9 Å². The first-order valence-corrected chi connectivity index (χ1v) is 6.37. The summed E-state index contributed by atoms with van der Waals surface area (Å²) >= 11 is 1.38. The summed E-state index contributed by atoms with van der Waals surface area (Å²) in [7, 11) is 1.35. The lowest BCUT2D eigenvalue weighted by Gasteiger charge is -2.05. The molecule has 2 rings (SSSR count). The molecule has 0 aliphatic carbocycles. The van der Waals surface area contributed by atoms with E-state index in [1.165, 1.54) is 31.2 Å². The number of esters is 1. The molecule has 2 aromatic carbocycles. The number of anilines is 1. The van der Waals surface area contributed by atoms with Crippen LogP contribution >= 0.6 is 11.9 Å². The van der Waals surface area contributed by atoms with Gasteiger partial charge in [-0.2, -0.15) is 0 Å². The van der Waals surface area contributed by atoms with Gasteiger partial charge in [-0.25, -0.2) is 9.18 Å². The predicted molar refractivity (Wildman–Crippen MR) is 73.7 cm³/mol. The highest BCUT2D eigenvalue weighted by Gasteiger charge is 2.04. The number of nitrogens with one attached hydrogen (secondary N) is 1. The summed E-state index contributed by atoms with van der Waals surface area (Å²) in [6, 6.07) is 13.1. The van der Waals surface area contributed by atoms with E-state index in [0.29, 0.717) is 5.56 Å². The van der Waals surface area contributed by atoms with E-state index in [2.05, 4.69) is 9.46 Å². The molecule has 0 aromatic heterocycles. The Bertz CT molecular complexity index is 555. The normalized spacial score (nSPS) is 10.0. The lowest BCUT2D eigenvalue weighted by Crippen LogP contribution is -2.00. The van der Waals surface area contributed by atoms with E-state index < -0.39 is 0 Å². The minimum atomic E-state index is -0.358. The number of halogens is 1. The van der Waals surface area contributed by atoms with Crippen LogP contribution in [-0.4, -0.2) is 13.1 Å². The molecule has 0 atom stereocenters. The fourth-order valence-corrected chi connectivity index (χ4v) is 2.06. The van der Waals surface area contributed by atoms with E-state index in [-0.39, 0.29) is 11.8 Å². The van der Waals surface area contributed by atoms with Crippen LogP contribution in [0.5, 0.6) is 0 Å². The molecule has 0 aliphatic heterocycles. The van der Waals surface area contributed by atoms with Gasteiger partial charge in [-0.1, -0.05) is 0 Å². The predicted octanol–water partition coefficient (Wildman–Crippen LogP) is 3.73. The average molecular weight is 277 g/mol. The van der Waals surface area contributed by atoms with Gasteiger partial charge in [-0.05, 0) is 60.5 Å². The first kappa shape index (κ1) is 13.4. The van der Waals surface area contributed by atoms with Crippen molar-refractivity contribution in [3.63, 3.8) is 0 Å². The van der Waals surface area contributed by atoms with Crippen LogP contribution in [0.4, 0.5) is 10.1 Å². The van der Waals surface area contributed by atoms with Gasteiger partial charge in [0.15, 0.2) is 0 Å². The first-order valence-electron chi connectivity index (χ1n) is 5.56. The Morgan fingerprint density at radius 2 is 1.74 bits per heavy atom. The van der Waals surface area contributed by atoms with Crippen molar-refractivity contribution in [1.29, 1.82) is 0 Å². The van der Waals surface area contributed by atoms with Gasteiger partial charge in [-0.3, -0.25) is 0 Å². The van der Waals surface area contributed by atoms with Crippen LogP contribution in [0.3, 0.4) is 0 Å². The summed E-state index contributed by atoms with van der Waals surface area (Å²) in [6.07, 6.45) is 0. The molecule has 98 valence electrons. The highest BCUT2D eigenvalue weighted by Crippen LogP contribution is 2.21. The standard InChI is InChI=1S/C14H12FNO2S/c1-18-14(17)10-2-8-13(9-3-10)19-16-12-6-4-11(15)5-7-12/h2-9,16H,1H3. The number of hydrogen-bond donors (Lipinski definition) is 1. The van der Waals surface area contributed by atoms with Gasteiger partial charge in [-0.15, -0.1) is 0 Å². The van der Waals surface area contributed by atoms with Crippen LogP contribution in [0.15, 0.2) is 53.4 Å².